The van der Waals surface area contributed by atoms with Crippen molar-refractivity contribution in [3.8, 4) is 0 Å². The molecule has 21 heavy (non-hydrogen) atoms. The highest BCUT2D eigenvalue weighted by Gasteiger charge is 2.11. The van der Waals surface area contributed by atoms with E-state index in [1.54, 1.807) is 6.07 Å². The topological polar surface area (TPSA) is 136 Å². The van der Waals surface area contributed by atoms with Crippen LogP contribution in [-0.4, -0.2) is 43.5 Å². The third kappa shape index (κ3) is 4.08. The molecule has 0 radical (unpaired) electrons. The Bertz CT molecular complexity index is 637. The second kappa shape index (κ2) is 6.57. The van der Waals surface area contributed by atoms with Gasteiger partial charge in [0.15, 0.2) is 5.69 Å². The first-order chi connectivity index (χ1) is 10.1. The van der Waals surface area contributed by atoms with E-state index in [9.17, 15) is 9.59 Å². The molecule has 9 nitrogen and oxygen atoms in total. The summed E-state index contributed by atoms with van der Waals surface area (Å²) in [4.78, 5) is 26.4. The molecule has 0 fully saturated rings. The van der Waals surface area contributed by atoms with E-state index in [1.165, 1.54) is 23.1 Å². The number of nitrogens with zero attached hydrogens (tertiary/aromatic N) is 4. The van der Waals surface area contributed by atoms with Crippen molar-refractivity contribution in [3.63, 3.8) is 0 Å². The Hall–Kier alpha value is -2.81. The summed E-state index contributed by atoms with van der Waals surface area (Å²) >= 11 is 0. The fraction of sp³-hybridized carbons (Fsp3) is 0.250. The fourth-order valence-electron chi connectivity index (χ4n) is 1.60. The van der Waals surface area contributed by atoms with Crippen LogP contribution in [0.2, 0.25) is 0 Å². The van der Waals surface area contributed by atoms with Crippen LogP contribution in [0.25, 0.3) is 0 Å². The normalized spacial score (nSPS) is 10.3. The summed E-state index contributed by atoms with van der Waals surface area (Å²) < 4.78 is 1.48. The number of carboxylic acids is 1. The molecule has 2 aromatic heterocycles. The van der Waals surface area contributed by atoms with Crippen LogP contribution in [-0.2, 0) is 17.8 Å². The number of hydrogen-bond donors (Lipinski definition) is 3. The number of hydrogen-bond acceptors (Lipinski definition) is 6. The quantitative estimate of drug-likeness (QED) is 0.653. The molecular weight excluding hydrogens is 276 g/mol. The molecule has 0 bridgehead atoms. The number of nitrogens with two attached hydrogens (primary N) is 1. The first-order valence-corrected chi connectivity index (χ1v) is 6.17. The van der Waals surface area contributed by atoms with E-state index >= 15 is 0 Å². The lowest BCUT2D eigenvalue weighted by atomic mass is 10.2. The lowest BCUT2D eigenvalue weighted by molar-refractivity contribution is -0.136. The molecule has 2 aromatic rings. The third-order valence-electron chi connectivity index (χ3n) is 2.54. The number of amides is 1. The molecule has 1 amide bonds. The van der Waals surface area contributed by atoms with E-state index in [0.717, 1.165) is 0 Å². The summed E-state index contributed by atoms with van der Waals surface area (Å²) in [5, 5.41) is 18.7. The van der Waals surface area contributed by atoms with Gasteiger partial charge in [0.1, 0.15) is 0 Å². The Kier molecular flexibility index (Phi) is 4.57. The van der Waals surface area contributed by atoms with Gasteiger partial charge in [-0.2, -0.15) is 0 Å². The summed E-state index contributed by atoms with van der Waals surface area (Å²) in [5.74, 6) is -1.39. The molecular formula is C12H14N6O3. The van der Waals surface area contributed by atoms with Crippen molar-refractivity contribution in [1.82, 2.24) is 20.0 Å². The van der Waals surface area contributed by atoms with Gasteiger partial charge >= 0.3 is 5.97 Å². The largest absolute Gasteiger partial charge is 0.481 e. The van der Waals surface area contributed by atoms with Gasteiger partial charge in [0.2, 0.25) is 0 Å². The van der Waals surface area contributed by atoms with Gasteiger partial charge in [0.25, 0.3) is 5.91 Å². The fourth-order valence-corrected chi connectivity index (χ4v) is 1.60. The maximum atomic E-state index is 11.9. The van der Waals surface area contributed by atoms with Gasteiger partial charge < -0.3 is 16.2 Å². The number of carboxylic acid groups (broad SMARTS) is 1. The molecule has 2 rings (SSSR count). The number of aromatic nitrogens is 4. The van der Waals surface area contributed by atoms with Crippen LogP contribution in [0.1, 0.15) is 16.2 Å². The van der Waals surface area contributed by atoms with Crippen LogP contribution in [0.15, 0.2) is 24.5 Å². The number of rotatable bonds is 6. The Morgan fingerprint density at radius 2 is 2.19 bits per heavy atom. The van der Waals surface area contributed by atoms with Crippen molar-refractivity contribution in [3.05, 3.63) is 35.9 Å². The highest BCUT2D eigenvalue weighted by Crippen LogP contribution is 2.08. The zero-order valence-electron chi connectivity index (χ0n) is 11.1. The van der Waals surface area contributed by atoms with Crippen molar-refractivity contribution in [1.29, 1.82) is 0 Å². The van der Waals surface area contributed by atoms with Gasteiger partial charge in [0, 0.05) is 6.54 Å². The van der Waals surface area contributed by atoms with Gasteiger partial charge in [-0.1, -0.05) is 5.21 Å². The molecule has 110 valence electrons. The van der Waals surface area contributed by atoms with E-state index < -0.39 is 11.9 Å². The Morgan fingerprint density at radius 3 is 2.81 bits per heavy atom. The minimum atomic E-state index is -0.962. The average Bonchev–Trinajstić information content (AvgIpc) is 2.89. The van der Waals surface area contributed by atoms with Gasteiger partial charge in [-0.15, -0.1) is 5.10 Å². The minimum absolute atomic E-state index is 0.165. The number of aliphatic carboxylic acids is 1. The van der Waals surface area contributed by atoms with Crippen molar-refractivity contribution < 1.29 is 14.7 Å². The first kappa shape index (κ1) is 14.6. The van der Waals surface area contributed by atoms with Crippen molar-refractivity contribution >= 4 is 17.6 Å². The number of carbonyl (C=O) groups is 2. The number of anilines is 1. The Labute approximate surface area is 119 Å². The maximum Gasteiger partial charge on any atom is 0.309 e. The standard InChI is InChI=1S/C12H14N6O3/c13-3-4-18-7-10(16-17-18)12(21)15-9-2-1-8(14-6-9)5-11(19)20/h1-2,6-7H,3-5,13H2,(H,15,21)(H,19,20). The van der Waals surface area contributed by atoms with Crippen LogP contribution < -0.4 is 11.1 Å². The number of carbonyl (C=O) groups excluding carboxylic acids is 1. The molecule has 2 heterocycles. The number of pyridine rings is 1. The van der Waals surface area contributed by atoms with Crippen molar-refractivity contribution in [2.45, 2.75) is 13.0 Å². The summed E-state index contributed by atoms with van der Waals surface area (Å²) in [6.45, 7) is 0.880. The van der Waals surface area contributed by atoms with E-state index in [1.807, 2.05) is 0 Å². The van der Waals surface area contributed by atoms with Crippen LogP contribution in [0.4, 0.5) is 5.69 Å². The summed E-state index contributed by atoms with van der Waals surface area (Å²) in [6, 6.07) is 3.11. The van der Waals surface area contributed by atoms with Crippen molar-refractivity contribution in [2.24, 2.45) is 5.73 Å². The second-order valence-corrected chi connectivity index (χ2v) is 4.22. The minimum Gasteiger partial charge on any atom is -0.481 e. The van der Waals surface area contributed by atoms with E-state index in [2.05, 4.69) is 20.6 Å². The Morgan fingerprint density at radius 1 is 1.38 bits per heavy atom. The van der Waals surface area contributed by atoms with Gasteiger partial charge in [-0.05, 0) is 12.1 Å². The molecule has 0 atom stereocenters. The Balaban J connectivity index is 1.99. The first-order valence-electron chi connectivity index (χ1n) is 6.17. The van der Waals surface area contributed by atoms with Crippen LogP contribution in [0.3, 0.4) is 0 Å². The zero-order chi connectivity index (χ0) is 15.2. The average molecular weight is 290 g/mol. The van der Waals surface area contributed by atoms with Gasteiger partial charge in [-0.25, -0.2) is 0 Å². The van der Waals surface area contributed by atoms with Crippen LogP contribution in [0.5, 0.6) is 0 Å². The molecule has 0 aliphatic carbocycles. The molecule has 0 spiro atoms. The molecule has 0 unspecified atom stereocenters. The van der Waals surface area contributed by atoms with E-state index in [4.69, 9.17) is 10.8 Å². The van der Waals surface area contributed by atoms with Gasteiger partial charge in [-0.3, -0.25) is 19.3 Å². The predicted molar refractivity (Wildman–Crippen MR) is 72.6 cm³/mol. The number of nitrogens with one attached hydrogen (secondary N) is 1. The maximum absolute atomic E-state index is 11.9. The summed E-state index contributed by atoms with van der Waals surface area (Å²) in [7, 11) is 0. The van der Waals surface area contributed by atoms with E-state index in [0.29, 0.717) is 24.5 Å². The highest BCUT2D eigenvalue weighted by atomic mass is 16.4. The molecule has 9 heteroatoms. The SMILES string of the molecule is NCCn1cc(C(=O)Nc2ccc(CC(=O)O)nc2)nn1. The monoisotopic (exact) mass is 290 g/mol. The molecule has 4 N–H and O–H groups in total. The molecule has 0 aromatic carbocycles. The lowest BCUT2D eigenvalue weighted by Crippen LogP contribution is -2.13. The van der Waals surface area contributed by atoms with Crippen LogP contribution >= 0.6 is 0 Å². The molecule has 0 saturated heterocycles. The summed E-state index contributed by atoms with van der Waals surface area (Å²) in [5.41, 5.74) is 6.40. The summed E-state index contributed by atoms with van der Waals surface area (Å²) in [6.07, 6.45) is 2.72. The smallest absolute Gasteiger partial charge is 0.309 e. The van der Waals surface area contributed by atoms with E-state index in [-0.39, 0.29) is 12.1 Å². The predicted octanol–water partition coefficient (Wildman–Crippen LogP) is -0.489. The lowest BCUT2D eigenvalue weighted by Gasteiger charge is -2.03. The van der Waals surface area contributed by atoms with Gasteiger partial charge in [0.05, 0.1) is 36.7 Å². The zero-order valence-corrected chi connectivity index (χ0v) is 11.1. The van der Waals surface area contributed by atoms with Crippen molar-refractivity contribution in [2.75, 3.05) is 11.9 Å². The molecule has 0 aliphatic heterocycles. The molecule has 0 aliphatic rings. The van der Waals surface area contributed by atoms with Crippen LogP contribution in [0, 0.1) is 0 Å². The molecule has 0 saturated carbocycles. The third-order valence-corrected chi connectivity index (χ3v) is 2.54. The second-order valence-electron chi connectivity index (χ2n) is 4.22. The highest BCUT2D eigenvalue weighted by molar-refractivity contribution is 6.02.